The van der Waals surface area contributed by atoms with Gasteiger partial charge in [-0.3, -0.25) is 14.4 Å². The third-order valence-electron chi connectivity index (χ3n) is 5.05. The minimum Gasteiger partial charge on any atom is -0.495 e. The zero-order valence-electron chi connectivity index (χ0n) is 19.2. The number of aryl methyl sites for hydroxylation is 1. The highest BCUT2D eigenvalue weighted by atomic mass is 32.2. The van der Waals surface area contributed by atoms with Crippen molar-refractivity contribution in [1.29, 1.82) is 0 Å². The molecule has 3 rings (SSSR count). The van der Waals surface area contributed by atoms with Crippen molar-refractivity contribution in [2.24, 2.45) is 0 Å². The Balaban J connectivity index is 1.81. The number of methoxy groups -OCH3 is 2. The molecular weight excluding hydrogens is 458 g/mol. The summed E-state index contributed by atoms with van der Waals surface area (Å²) in [6, 6.07) is 17.6. The van der Waals surface area contributed by atoms with Gasteiger partial charge in [-0.2, -0.15) is 0 Å². The van der Waals surface area contributed by atoms with E-state index >= 15 is 0 Å². The van der Waals surface area contributed by atoms with Gasteiger partial charge in [0.05, 0.1) is 24.8 Å². The Labute approximate surface area is 198 Å². The van der Waals surface area contributed by atoms with Crippen LogP contribution in [0.15, 0.2) is 71.6 Å². The number of carbonyl (C=O) groups excluding carboxylic acids is 2. The summed E-state index contributed by atoms with van der Waals surface area (Å²) in [5, 5.41) is 2.72. The minimum atomic E-state index is -3.99. The van der Waals surface area contributed by atoms with Crippen LogP contribution >= 0.6 is 0 Å². The van der Waals surface area contributed by atoms with E-state index in [1.165, 1.54) is 25.2 Å². The van der Waals surface area contributed by atoms with Gasteiger partial charge in [-0.05, 0) is 61.0 Å². The molecule has 0 unspecified atom stereocenters. The van der Waals surface area contributed by atoms with E-state index in [-0.39, 0.29) is 16.1 Å². The Hall–Kier alpha value is -4.05. The smallest absolute Gasteiger partial charge is 0.413 e. The first-order valence-electron chi connectivity index (χ1n) is 10.2. The Kier molecular flexibility index (Phi) is 7.42. The molecule has 0 saturated heterocycles. The van der Waals surface area contributed by atoms with E-state index in [9.17, 15) is 18.0 Å². The summed E-state index contributed by atoms with van der Waals surface area (Å²) in [5.41, 5.74) is 1.99. The van der Waals surface area contributed by atoms with Gasteiger partial charge in [-0.1, -0.05) is 18.2 Å². The standard InChI is InChI=1S/C24H25N3O6S/c1-16-9-10-17(15-22(16)34(30,31)26-20-7-5-6-8-21(20)32-3)23(28)25-18-11-13-19(14-12-18)27(2)24(29)33-4/h5-15,26H,1-4H3,(H,25,28). The summed E-state index contributed by atoms with van der Waals surface area (Å²) in [7, 11) is 0.306. The molecule has 3 aromatic carbocycles. The van der Waals surface area contributed by atoms with Gasteiger partial charge in [-0.15, -0.1) is 0 Å². The lowest BCUT2D eigenvalue weighted by Gasteiger charge is -2.16. The average molecular weight is 484 g/mol. The largest absolute Gasteiger partial charge is 0.495 e. The average Bonchev–Trinajstić information content (AvgIpc) is 2.83. The van der Waals surface area contributed by atoms with E-state index in [0.29, 0.717) is 22.7 Å². The molecule has 0 heterocycles. The van der Waals surface area contributed by atoms with Crippen molar-refractivity contribution in [3.63, 3.8) is 0 Å². The molecule has 0 bridgehead atoms. The van der Waals surface area contributed by atoms with Gasteiger partial charge < -0.3 is 14.8 Å². The molecule has 0 spiro atoms. The molecule has 3 aromatic rings. The molecule has 0 aliphatic rings. The first kappa shape index (κ1) is 24.6. The molecule has 2 N–H and O–H groups in total. The Morgan fingerprint density at radius 3 is 2.26 bits per heavy atom. The molecule has 0 aromatic heterocycles. The summed E-state index contributed by atoms with van der Waals surface area (Å²) < 4.78 is 38.5. The van der Waals surface area contributed by atoms with Crippen LogP contribution in [0.2, 0.25) is 0 Å². The number of rotatable bonds is 7. The van der Waals surface area contributed by atoms with Crippen LogP contribution in [-0.4, -0.2) is 41.7 Å². The molecule has 178 valence electrons. The molecule has 9 nitrogen and oxygen atoms in total. The predicted octanol–water partition coefficient (Wildman–Crippen LogP) is 4.26. The second-order valence-electron chi connectivity index (χ2n) is 7.32. The number of nitrogens with one attached hydrogen (secondary N) is 2. The zero-order chi connectivity index (χ0) is 24.9. The van der Waals surface area contributed by atoms with Crippen LogP contribution < -0.4 is 19.7 Å². The third-order valence-corrected chi connectivity index (χ3v) is 6.56. The van der Waals surface area contributed by atoms with Gasteiger partial charge in [0.15, 0.2) is 0 Å². The van der Waals surface area contributed by atoms with Crippen molar-refractivity contribution in [2.75, 3.05) is 36.2 Å². The molecule has 34 heavy (non-hydrogen) atoms. The number of nitrogens with zero attached hydrogens (tertiary/aromatic N) is 1. The van der Waals surface area contributed by atoms with Crippen LogP contribution in [0.4, 0.5) is 21.9 Å². The predicted molar refractivity (Wildman–Crippen MR) is 130 cm³/mol. The lowest BCUT2D eigenvalue weighted by Crippen LogP contribution is -2.25. The van der Waals surface area contributed by atoms with Crippen LogP contribution in [0.3, 0.4) is 0 Å². The maximum Gasteiger partial charge on any atom is 0.413 e. The Morgan fingerprint density at radius 1 is 0.941 bits per heavy atom. The number of hydrogen-bond acceptors (Lipinski definition) is 6. The Bertz CT molecular complexity index is 1310. The molecule has 2 amide bonds. The quantitative estimate of drug-likeness (QED) is 0.519. The highest BCUT2D eigenvalue weighted by molar-refractivity contribution is 7.92. The topological polar surface area (TPSA) is 114 Å². The van der Waals surface area contributed by atoms with Gasteiger partial charge >= 0.3 is 6.09 Å². The fraction of sp³-hybridized carbons (Fsp3) is 0.167. The van der Waals surface area contributed by atoms with Gasteiger partial charge in [0.25, 0.3) is 15.9 Å². The van der Waals surface area contributed by atoms with Gasteiger partial charge in [-0.25, -0.2) is 13.2 Å². The molecule has 0 fully saturated rings. The second kappa shape index (κ2) is 10.3. The molecule has 10 heteroatoms. The van der Waals surface area contributed by atoms with Gasteiger partial charge in [0, 0.05) is 24.0 Å². The van der Waals surface area contributed by atoms with Crippen molar-refractivity contribution < 1.29 is 27.5 Å². The summed E-state index contributed by atoms with van der Waals surface area (Å²) >= 11 is 0. The van der Waals surface area contributed by atoms with E-state index < -0.39 is 22.0 Å². The lowest BCUT2D eigenvalue weighted by molar-refractivity contribution is 0.102. The van der Waals surface area contributed by atoms with Crippen LogP contribution in [0.5, 0.6) is 5.75 Å². The number of ether oxygens (including phenoxy) is 2. The van der Waals surface area contributed by atoms with Crippen molar-refractivity contribution in [3.05, 3.63) is 77.9 Å². The van der Waals surface area contributed by atoms with Gasteiger partial charge in [0.1, 0.15) is 5.75 Å². The van der Waals surface area contributed by atoms with Crippen LogP contribution in [0.25, 0.3) is 0 Å². The molecule has 0 saturated carbocycles. The fourth-order valence-corrected chi connectivity index (χ4v) is 4.52. The van der Waals surface area contributed by atoms with E-state index in [0.717, 1.165) is 0 Å². The molecule has 0 aliphatic carbocycles. The van der Waals surface area contributed by atoms with Crippen molar-refractivity contribution >= 4 is 39.1 Å². The first-order chi connectivity index (χ1) is 16.2. The van der Waals surface area contributed by atoms with E-state index in [1.807, 2.05) is 0 Å². The number of sulfonamides is 1. The Morgan fingerprint density at radius 2 is 1.62 bits per heavy atom. The number of hydrogen-bond donors (Lipinski definition) is 2. The fourth-order valence-electron chi connectivity index (χ4n) is 3.17. The number of para-hydroxylation sites is 2. The molecule has 0 radical (unpaired) electrons. The van der Waals surface area contributed by atoms with Gasteiger partial charge in [0.2, 0.25) is 0 Å². The maximum atomic E-state index is 13.1. The van der Waals surface area contributed by atoms with Crippen molar-refractivity contribution in [3.8, 4) is 5.75 Å². The lowest BCUT2D eigenvalue weighted by atomic mass is 10.1. The summed E-state index contributed by atoms with van der Waals surface area (Å²) in [6.45, 7) is 1.65. The monoisotopic (exact) mass is 483 g/mol. The number of amides is 2. The second-order valence-corrected chi connectivity index (χ2v) is 8.97. The van der Waals surface area contributed by atoms with Crippen molar-refractivity contribution in [1.82, 2.24) is 0 Å². The molecular formula is C24H25N3O6S. The zero-order valence-corrected chi connectivity index (χ0v) is 20.0. The van der Waals surface area contributed by atoms with Crippen LogP contribution in [0, 0.1) is 6.92 Å². The third kappa shape index (κ3) is 5.46. The highest BCUT2D eigenvalue weighted by Gasteiger charge is 2.21. The maximum absolute atomic E-state index is 13.1. The summed E-state index contributed by atoms with van der Waals surface area (Å²) in [5.74, 6) is -0.110. The SMILES string of the molecule is COC(=O)N(C)c1ccc(NC(=O)c2ccc(C)c(S(=O)(=O)Nc3ccccc3OC)c2)cc1. The van der Waals surface area contributed by atoms with E-state index in [2.05, 4.69) is 14.8 Å². The summed E-state index contributed by atoms with van der Waals surface area (Å²) in [4.78, 5) is 25.7. The van der Waals surface area contributed by atoms with E-state index in [4.69, 9.17) is 4.74 Å². The van der Waals surface area contributed by atoms with Crippen molar-refractivity contribution in [2.45, 2.75) is 11.8 Å². The molecule has 0 aliphatic heterocycles. The normalized spacial score (nSPS) is 10.8. The molecule has 0 atom stereocenters. The first-order valence-corrected chi connectivity index (χ1v) is 11.6. The van der Waals surface area contributed by atoms with Crippen LogP contribution in [-0.2, 0) is 14.8 Å². The number of benzene rings is 3. The summed E-state index contributed by atoms with van der Waals surface area (Å²) in [6.07, 6.45) is -0.521. The highest BCUT2D eigenvalue weighted by Crippen LogP contribution is 2.28. The minimum absolute atomic E-state index is 0.0268. The number of anilines is 3. The van der Waals surface area contributed by atoms with E-state index in [1.54, 1.807) is 74.6 Å². The van der Waals surface area contributed by atoms with Crippen LogP contribution in [0.1, 0.15) is 15.9 Å². The number of carbonyl (C=O) groups is 2.